The molecular weight excluding hydrogens is 215 g/mol. The summed E-state index contributed by atoms with van der Waals surface area (Å²) in [4.78, 5) is 1.92. The number of nitrogens with two attached hydrogens (primary N) is 1. The van der Waals surface area contributed by atoms with Gasteiger partial charge in [-0.1, -0.05) is 12.2 Å². The predicted molar refractivity (Wildman–Crippen MR) is 62.6 cm³/mol. The molecule has 0 heterocycles. The number of thiocarbonyl (C=S) groups is 1. The summed E-state index contributed by atoms with van der Waals surface area (Å²) in [5.74, 6) is -0.376. The van der Waals surface area contributed by atoms with Crippen LogP contribution in [0.5, 0.6) is 0 Å². The number of benzene rings is 1. The van der Waals surface area contributed by atoms with Crippen LogP contribution in [0.15, 0.2) is 18.2 Å². The van der Waals surface area contributed by atoms with E-state index in [1.165, 1.54) is 12.1 Å². The molecule has 82 valence electrons. The summed E-state index contributed by atoms with van der Waals surface area (Å²) in [7, 11) is 1.78. The van der Waals surface area contributed by atoms with E-state index in [1.807, 2.05) is 0 Å². The summed E-state index contributed by atoms with van der Waals surface area (Å²) >= 11 is 4.83. The van der Waals surface area contributed by atoms with Gasteiger partial charge < -0.3 is 15.7 Å². The van der Waals surface area contributed by atoms with Crippen LogP contribution in [0.3, 0.4) is 0 Å². The molecule has 0 aromatic heterocycles. The highest BCUT2D eigenvalue weighted by atomic mass is 32.1. The van der Waals surface area contributed by atoms with Gasteiger partial charge in [0.15, 0.2) is 0 Å². The number of aliphatic hydroxyl groups is 1. The number of likely N-dealkylation sites (N-methyl/N-ethyl adjacent to an activating group) is 1. The van der Waals surface area contributed by atoms with Crippen molar-refractivity contribution in [3.8, 4) is 0 Å². The number of nitrogens with zero attached hydrogens (tertiary/aromatic N) is 1. The van der Waals surface area contributed by atoms with Crippen molar-refractivity contribution in [2.24, 2.45) is 5.73 Å². The number of anilines is 1. The van der Waals surface area contributed by atoms with E-state index in [0.717, 1.165) is 5.69 Å². The van der Waals surface area contributed by atoms with Gasteiger partial charge >= 0.3 is 0 Å². The number of halogens is 1. The van der Waals surface area contributed by atoms with Gasteiger partial charge in [0.05, 0.1) is 6.61 Å². The van der Waals surface area contributed by atoms with Crippen molar-refractivity contribution >= 4 is 22.9 Å². The van der Waals surface area contributed by atoms with E-state index in [1.54, 1.807) is 18.0 Å². The number of rotatable bonds is 4. The van der Waals surface area contributed by atoms with Crippen LogP contribution >= 0.6 is 12.2 Å². The SMILES string of the molecule is CN(CCO)c1ccc(F)cc1C(N)=S. The Labute approximate surface area is 93.3 Å². The number of hydrogen-bond acceptors (Lipinski definition) is 3. The van der Waals surface area contributed by atoms with Crippen LogP contribution in [0.2, 0.25) is 0 Å². The van der Waals surface area contributed by atoms with Gasteiger partial charge in [0.1, 0.15) is 10.8 Å². The van der Waals surface area contributed by atoms with Gasteiger partial charge in [0.25, 0.3) is 0 Å². The molecule has 0 aliphatic carbocycles. The Hall–Kier alpha value is -1.20. The van der Waals surface area contributed by atoms with Gasteiger partial charge in [-0.15, -0.1) is 0 Å². The number of hydrogen-bond donors (Lipinski definition) is 2. The third-order valence-electron chi connectivity index (χ3n) is 2.07. The molecule has 0 fully saturated rings. The van der Waals surface area contributed by atoms with Gasteiger partial charge in [-0.2, -0.15) is 0 Å². The summed E-state index contributed by atoms with van der Waals surface area (Å²) in [5, 5.41) is 8.80. The lowest BCUT2D eigenvalue weighted by Gasteiger charge is -2.21. The van der Waals surface area contributed by atoms with E-state index in [9.17, 15) is 4.39 Å². The molecule has 0 spiro atoms. The van der Waals surface area contributed by atoms with Gasteiger partial charge in [0, 0.05) is 24.8 Å². The van der Waals surface area contributed by atoms with Crippen LogP contribution in [0.4, 0.5) is 10.1 Å². The highest BCUT2D eigenvalue weighted by molar-refractivity contribution is 7.80. The van der Waals surface area contributed by atoms with Crippen LogP contribution in [0.25, 0.3) is 0 Å². The zero-order chi connectivity index (χ0) is 11.4. The molecule has 0 unspecified atom stereocenters. The predicted octanol–water partition coefficient (Wildman–Crippen LogP) is 0.888. The number of aliphatic hydroxyl groups excluding tert-OH is 1. The van der Waals surface area contributed by atoms with Gasteiger partial charge in [-0.3, -0.25) is 0 Å². The highest BCUT2D eigenvalue weighted by Gasteiger charge is 2.10. The van der Waals surface area contributed by atoms with E-state index in [2.05, 4.69) is 0 Å². The standard InChI is InChI=1S/C10H13FN2OS/c1-13(4-5-14)9-3-2-7(11)6-8(9)10(12)15/h2-3,6,14H,4-5H2,1H3,(H2,12,15). The van der Waals surface area contributed by atoms with E-state index in [-0.39, 0.29) is 17.4 Å². The molecule has 1 aromatic rings. The zero-order valence-corrected chi connectivity index (χ0v) is 9.22. The quantitative estimate of drug-likeness (QED) is 0.751. The summed E-state index contributed by atoms with van der Waals surface area (Å²) in [6.45, 7) is 0.464. The van der Waals surface area contributed by atoms with Crippen LogP contribution < -0.4 is 10.6 Å². The van der Waals surface area contributed by atoms with Crippen LogP contribution in [0, 0.1) is 5.82 Å². The lowest BCUT2D eigenvalue weighted by molar-refractivity contribution is 0.304. The summed E-state index contributed by atoms with van der Waals surface area (Å²) in [6, 6.07) is 4.23. The van der Waals surface area contributed by atoms with Crippen molar-refractivity contribution in [2.45, 2.75) is 0 Å². The molecule has 3 nitrogen and oxygen atoms in total. The molecule has 0 aliphatic rings. The normalized spacial score (nSPS) is 10.1. The van der Waals surface area contributed by atoms with Crippen molar-refractivity contribution in [1.29, 1.82) is 0 Å². The molecule has 0 atom stereocenters. The van der Waals surface area contributed by atoms with Crippen molar-refractivity contribution < 1.29 is 9.50 Å². The summed E-state index contributed by atoms with van der Waals surface area (Å²) in [6.07, 6.45) is 0. The van der Waals surface area contributed by atoms with Gasteiger partial charge in [0.2, 0.25) is 0 Å². The van der Waals surface area contributed by atoms with E-state index in [4.69, 9.17) is 23.1 Å². The molecule has 0 saturated carbocycles. The molecule has 5 heteroatoms. The smallest absolute Gasteiger partial charge is 0.124 e. The molecule has 0 aliphatic heterocycles. The second kappa shape index (κ2) is 5.04. The minimum absolute atomic E-state index is 0.0185. The van der Waals surface area contributed by atoms with Crippen LogP contribution in [0.1, 0.15) is 5.56 Å². The lowest BCUT2D eigenvalue weighted by atomic mass is 10.1. The highest BCUT2D eigenvalue weighted by Crippen LogP contribution is 2.20. The van der Waals surface area contributed by atoms with Crippen LogP contribution in [-0.2, 0) is 0 Å². The maximum absolute atomic E-state index is 13.0. The lowest BCUT2D eigenvalue weighted by Crippen LogP contribution is -2.24. The molecular formula is C10H13FN2OS. The fraction of sp³-hybridized carbons (Fsp3) is 0.300. The minimum Gasteiger partial charge on any atom is -0.395 e. The monoisotopic (exact) mass is 228 g/mol. The first-order valence-electron chi connectivity index (χ1n) is 4.47. The zero-order valence-electron chi connectivity index (χ0n) is 8.40. The Bertz CT molecular complexity index is 370. The molecule has 1 rings (SSSR count). The Balaban J connectivity index is 3.10. The molecule has 0 amide bonds. The maximum atomic E-state index is 13.0. The summed E-state index contributed by atoms with van der Waals surface area (Å²) < 4.78 is 13.0. The second-order valence-electron chi connectivity index (χ2n) is 3.17. The first-order valence-corrected chi connectivity index (χ1v) is 4.88. The largest absolute Gasteiger partial charge is 0.395 e. The molecule has 15 heavy (non-hydrogen) atoms. The van der Waals surface area contributed by atoms with Gasteiger partial charge in [-0.25, -0.2) is 4.39 Å². The first-order chi connectivity index (χ1) is 7.06. The minimum atomic E-state index is -0.376. The fourth-order valence-electron chi connectivity index (χ4n) is 1.31. The Morgan fingerprint density at radius 3 is 2.80 bits per heavy atom. The van der Waals surface area contributed by atoms with Crippen molar-refractivity contribution in [3.05, 3.63) is 29.6 Å². The average molecular weight is 228 g/mol. The second-order valence-corrected chi connectivity index (χ2v) is 3.61. The molecule has 0 radical (unpaired) electrons. The third-order valence-corrected chi connectivity index (χ3v) is 2.29. The van der Waals surface area contributed by atoms with E-state index >= 15 is 0 Å². The third kappa shape index (κ3) is 2.87. The average Bonchev–Trinajstić information content (AvgIpc) is 2.17. The van der Waals surface area contributed by atoms with E-state index < -0.39 is 0 Å². The topological polar surface area (TPSA) is 49.5 Å². The maximum Gasteiger partial charge on any atom is 0.124 e. The molecule has 1 aromatic carbocycles. The molecule has 3 N–H and O–H groups in total. The molecule has 0 bridgehead atoms. The molecule has 0 saturated heterocycles. The Kier molecular flexibility index (Phi) is 3.99. The van der Waals surface area contributed by atoms with Crippen molar-refractivity contribution in [2.75, 3.05) is 25.1 Å². The van der Waals surface area contributed by atoms with Gasteiger partial charge in [-0.05, 0) is 18.2 Å². The summed E-state index contributed by atoms with van der Waals surface area (Å²) in [5.41, 5.74) is 6.70. The van der Waals surface area contributed by atoms with E-state index in [0.29, 0.717) is 12.1 Å². The Morgan fingerprint density at radius 2 is 2.27 bits per heavy atom. The first kappa shape index (κ1) is 11.9. The van der Waals surface area contributed by atoms with Crippen molar-refractivity contribution in [3.63, 3.8) is 0 Å². The fourth-order valence-corrected chi connectivity index (χ4v) is 1.47. The van der Waals surface area contributed by atoms with Crippen molar-refractivity contribution in [1.82, 2.24) is 0 Å². The Morgan fingerprint density at radius 1 is 1.60 bits per heavy atom. The van der Waals surface area contributed by atoms with Crippen LogP contribution in [-0.4, -0.2) is 30.3 Å².